The highest BCUT2D eigenvalue weighted by Gasteiger charge is 2.24. The molecule has 1 amide bonds. The van der Waals surface area contributed by atoms with Crippen LogP contribution in [0.5, 0.6) is 0 Å². The summed E-state index contributed by atoms with van der Waals surface area (Å²) >= 11 is 1.49. The molecular formula is C18H26N2O3S. The SMILES string of the molecule is CC(C)CCSc1ccc(C(=O)N2CCCC(C)C2)cc1[N+](=O)[O-]. The average molecular weight is 350 g/mol. The number of piperidine rings is 1. The lowest BCUT2D eigenvalue weighted by molar-refractivity contribution is -0.387. The molecule has 6 heteroatoms. The molecule has 1 fully saturated rings. The molecule has 1 saturated heterocycles. The van der Waals surface area contributed by atoms with Gasteiger partial charge in [0, 0.05) is 24.7 Å². The first-order valence-corrected chi connectivity index (χ1v) is 9.57. The molecule has 1 unspecified atom stereocenters. The van der Waals surface area contributed by atoms with Crippen LogP contribution in [0, 0.1) is 22.0 Å². The van der Waals surface area contributed by atoms with E-state index in [9.17, 15) is 14.9 Å². The van der Waals surface area contributed by atoms with Crippen LogP contribution in [0.2, 0.25) is 0 Å². The molecule has 1 aromatic carbocycles. The molecule has 5 nitrogen and oxygen atoms in total. The zero-order chi connectivity index (χ0) is 17.7. The molecule has 1 atom stereocenters. The number of hydrogen-bond donors (Lipinski definition) is 0. The number of likely N-dealkylation sites (tertiary alicyclic amines) is 1. The van der Waals surface area contributed by atoms with E-state index < -0.39 is 0 Å². The second kappa shape index (κ2) is 8.51. The highest BCUT2D eigenvalue weighted by atomic mass is 32.2. The number of benzene rings is 1. The number of nitro benzene ring substituents is 1. The molecule has 1 heterocycles. The number of nitro groups is 1. The van der Waals surface area contributed by atoms with Crippen LogP contribution in [0.3, 0.4) is 0 Å². The summed E-state index contributed by atoms with van der Waals surface area (Å²) in [5.41, 5.74) is 0.462. The van der Waals surface area contributed by atoms with Gasteiger partial charge in [0.2, 0.25) is 0 Å². The van der Waals surface area contributed by atoms with Gasteiger partial charge in [-0.05, 0) is 49.0 Å². The Balaban J connectivity index is 2.15. The summed E-state index contributed by atoms with van der Waals surface area (Å²) in [7, 11) is 0. The van der Waals surface area contributed by atoms with Crippen molar-refractivity contribution >= 4 is 23.4 Å². The Morgan fingerprint density at radius 2 is 2.21 bits per heavy atom. The first-order valence-electron chi connectivity index (χ1n) is 8.59. The van der Waals surface area contributed by atoms with Gasteiger partial charge < -0.3 is 4.90 Å². The van der Waals surface area contributed by atoms with E-state index in [1.54, 1.807) is 12.1 Å². The first kappa shape index (κ1) is 18.8. The van der Waals surface area contributed by atoms with Crippen LogP contribution in [-0.4, -0.2) is 34.6 Å². The normalized spacial score (nSPS) is 18.0. The Hall–Kier alpha value is -1.56. The van der Waals surface area contributed by atoms with E-state index in [-0.39, 0.29) is 16.5 Å². The lowest BCUT2D eigenvalue weighted by Crippen LogP contribution is -2.39. The smallest absolute Gasteiger partial charge is 0.283 e. The number of nitrogens with zero attached hydrogens (tertiary/aromatic N) is 2. The quantitative estimate of drug-likeness (QED) is 0.427. The van der Waals surface area contributed by atoms with E-state index in [1.807, 2.05) is 4.90 Å². The standard InChI is InChI=1S/C18H26N2O3S/c1-13(2)8-10-24-17-7-6-15(11-16(17)20(22)23)18(21)19-9-4-5-14(3)12-19/h6-7,11,13-14H,4-5,8-10,12H2,1-3H3. The second-order valence-corrected chi connectivity index (χ2v) is 8.11. The fourth-order valence-electron chi connectivity index (χ4n) is 2.88. The van der Waals surface area contributed by atoms with E-state index in [1.165, 1.54) is 17.8 Å². The van der Waals surface area contributed by atoms with Crippen LogP contribution in [0.15, 0.2) is 23.1 Å². The van der Waals surface area contributed by atoms with Gasteiger partial charge in [-0.25, -0.2) is 0 Å². The number of thioether (sulfide) groups is 1. The summed E-state index contributed by atoms with van der Waals surface area (Å²) in [6.45, 7) is 7.88. The van der Waals surface area contributed by atoms with Gasteiger partial charge in [0.05, 0.1) is 9.82 Å². The minimum atomic E-state index is -0.382. The topological polar surface area (TPSA) is 63.5 Å². The molecule has 0 bridgehead atoms. The number of hydrogen-bond acceptors (Lipinski definition) is 4. The number of rotatable bonds is 6. The third-order valence-corrected chi connectivity index (χ3v) is 5.40. The largest absolute Gasteiger partial charge is 0.338 e. The maximum atomic E-state index is 12.6. The van der Waals surface area contributed by atoms with Crippen molar-refractivity contribution in [2.75, 3.05) is 18.8 Å². The van der Waals surface area contributed by atoms with Crippen molar-refractivity contribution < 1.29 is 9.72 Å². The molecule has 0 aliphatic carbocycles. The van der Waals surface area contributed by atoms with Crippen molar-refractivity contribution in [3.63, 3.8) is 0 Å². The van der Waals surface area contributed by atoms with Gasteiger partial charge in [0.15, 0.2) is 0 Å². The van der Waals surface area contributed by atoms with Gasteiger partial charge in [-0.2, -0.15) is 0 Å². The van der Waals surface area contributed by atoms with E-state index >= 15 is 0 Å². The lowest BCUT2D eigenvalue weighted by atomic mass is 9.99. The third kappa shape index (κ3) is 4.97. The molecule has 132 valence electrons. The maximum Gasteiger partial charge on any atom is 0.283 e. The van der Waals surface area contributed by atoms with Gasteiger partial charge in [-0.3, -0.25) is 14.9 Å². The molecule has 0 saturated carbocycles. The highest BCUT2D eigenvalue weighted by Crippen LogP contribution is 2.31. The molecule has 0 aromatic heterocycles. The molecule has 0 N–H and O–H groups in total. The molecule has 24 heavy (non-hydrogen) atoms. The van der Waals surface area contributed by atoms with Crippen LogP contribution in [0.1, 0.15) is 50.4 Å². The van der Waals surface area contributed by atoms with Crippen molar-refractivity contribution in [2.45, 2.75) is 44.9 Å². The monoisotopic (exact) mass is 350 g/mol. The van der Waals surface area contributed by atoms with Crippen molar-refractivity contribution in [1.29, 1.82) is 0 Å². The van der Waals surface area contributed by atoms with Crippen LogP contribution >= 0.6 is 11.8 Å². The fourth-order valence-corrected chi connectivity index (χ4v) is 4.13. The summed E-state index contributed by atoms with van der Waals surface area (Å²) in [6, 6.07) is 4.90. The predicted molar refractivity (Wildman–Crippen MR) is 97.6 cm³/mol. The molecule has 1 aliphatic rings. The van der Waals surface area contributed by atoms with E-state index in [4.69, 9.17) is 0 Å². The van der Waals surface area contributed by atoms with E-state index in [2.05, 4.69) is 20.8 Å². The molecule has 1 aliphatic heterocycles. The highest BCUT2D eigenvalue weighted by molar-refractivity contribution is 7.99. The minimum absolute atomic E-state index is 0.0414. The van der Waals surface area contributed by atoms with Crippen LogP contribution in [0.25, 0.3) is 0 Å². The Morgan fingerprint density at radius 3 is 2.83 bits per heavy atom. The van der Waals surface area contributed by atoms with Crippen molar-refractivity contribution in [3.05, 3.63) is 33.9 Å². The second-order valence-electron chi connectivity index (χ2n) is 6.97. The zero-order valence-electron chi connectivity index (χ0n) is 14.7. The molecule has 2 rings (SSSR count). The Bertz CT molecular complexity index is 604. The maximum absolute atomic E-state index is 12.6. The van der Waals surface area contributed by atoms with E-state index in [0.29, 0.717) is 22.3 Å². The summed E-state index contributed by atoms with van der Waals surface area (Å²) in [6.07, 6.45) is 3.14. The number of amides is 1. The van der Waals surface area contributed by atoms with Gasteiger partial charge in [-0.15, -0.1) is 11.8 Å². The average Bonchev–Trinajstić information content (AvgIpc) is 2.54. The molecule has 1 aromatic rings. The summed E-state index contributed by atoms with van der Waals surface area (Å²) in [5, 5.41) is 11.4. The summed E-state index contributed by atoms with van der Waals surface area (Å²) < 4.78 is 0. The van der Waals surface area contributed by atoms with Crippen LogP contribution < -0.4 is 0 Å². The Morgan fingerprint density at radius 1 is 1.46 bits per heavy atom. The van der Waals surface area contributed by atoms with Crippen LogP contribution in [0.4, 0.5) is 5.69 Å². The van der Waals surface area contributed by atoms with Gasteiger partial charge in [0.1, 0.15) is 0 Å². The van der Waals surface area contributed by atoms with Crippen molar-refractivity contribution in [3.8, 4) is 0 Å². The summed E-state index contributed by atoms with van der Waals surface area (Å²) in [5.74, 6) is 1.81. The van der Waals surface area contributed by atoms with Gasteiger partial charge >= 0.3 is 0 Å². The van der Waals surface area contributed by atoms with Gasteiger partial charge in [-0.1, -0.05) is 20.8 Å². The van der Waals surface area contributed by atoms with Crippen molar-refractivity contribution in [2.24, 2.45) is 11.8 Å². The van der Waals surface area contributed by atoms with Crippen molar-refractivity contribution in [1.82, 2.24) is 4.90 Å². The molecular weight excluding hydrogens is 324 g/mol. The molecule has 0 radical (unpaired) electrons. The fraction of sp³-hybridized carbons (Fsp3) is 0.611. The van der Waals surface area contributed by atoms with Gasteiger partial charge in [0.25, 0.3) is 11.6 Å². The van der Waals surface area contributed by atoms with Crippen LogP contribution in [-0.2, 0) is 0 Å². The Labute approximate surface area is 148 Å². The number of carbonyl (C=O) groups is 1. The zero-order valence-corrected chi connectivity index (χ0v) is 15.5. The molecule has 0 spiro atoms. The number of carbonyl (C=O) groups excluding carboxylic acids is 1. The first-order chi connectivity index (χ1) is 11.4. The third-order valence-electron chi connectivity index (χ3n) is 4.30. The summed E-state index contributed by atoms with van der Waals surface area (Å²) in [4.78, 5) is 26.1. The predicted octanol–water partition coefficient (Wildman–Crippen LogP) is 4.61. The minimum Gasteiger partial charge on any atom is -0.338 e. The van der Waals surface area contributed by atoms with E-state index in [0.717, 1.165) is 38.1 Å². The lowest BCUT2D eigenvalue weighted by Gasteiger charge is -2.31. The Kier molecular flexibility index (Phi) is 6.66.